The molecule has 0 radical (unpaired) electrons. The Bertz CT molecular complexity index is 171. The Kier molecular flexibility index (Phi) is 8.38. The van der Waals surface area contributed by atoms with Crippen LogP contribution in [-0.2, 0) is 4.79 Å². The second-order valence-corrected chi connectivity index (χ2v) is 4.33. The summed E-state index contributed by atoms with van der Waals surface area (Å²) in [5.41, 5.74) is 0. The van der Waals surface area contributed by atoms with E-state index in [1.807, 2.05) is 0 Å². The van der Waals surface area contributed by atoms with Crippen LogP contribution in [0.15, 0.2) is 0 Å². The minimum Gasteiger partial charge on any atom is -0.481 e. The van der Waals surface area contributed by atoms with Gasteiger partial charge >= 0.3 is 5.97 Å². The molecule has 0 aromatic rings. The first-order valence-electron chi connectivity index (χ1n) is 6.03. The van der Waals surface area contributed by atoms with E-state index in [-0.39, 0.29) is 0 Å². The topological polar surface area (TPSA) is 49.3 Å². The number of carbonyl (C=O) groups is 1. The van der Waals surface area contributed by atoms with Gasteiger partial charge < -0.3 is 10.4 Å². The fraction of sp³-hybridized carbons (Fsp3) is 0.917. The highest BCUT2D eigenvalue weighted by Gasteiger charge is 2.08. The van der Waals surface area contributed by atoms with Crippen molar-refractivity contribution < 1.29 is 9.90 Å². The summed E-state index contributed by atoms with van der Waals surface area (Å²) in [7, 11) is 0. The highest BCUT2D eigenvalue weighted by molar-refractivity contribution is 5.66. The van der Waals surface area contributed by atoms with Gasteiger partial charge in [0.15, 0.2) is 0 Å². The van der Waals surface area contributed by atoms with Gasteiger partial charge in [-0.15, -0.1) is 0 Å². The van der Waals surface area contributed by atoms with E-state index in [0.29, 0.717) is 18.4 Å². The molecule has 2 unspecified atom stereocenters. The first-order chi connectivity index (χ1) is 7.07. The summed E-state index contributed by atoms with van der Waals surface area (Å²) in [5.74, 6) is 0.0277. The lowest BCUT2D eigenvalue weighted by Gasteiger charge is -2.19. The lowest BCUT2D eigenvalue weighted by molar-refractivity contribution is -0.137. The maximum Gasteiger partial charge on any atom is 0.303 e. The van der Waals surface area contributed by atoms with Crippen LogP contribution in [0.4, 0.5) is 0 Å². The maximum atomic E-state index is 10.3. The first kappa shape index (κ1) is 14.4. The Morgan fingerprint density at radius 2 is 1.93 bits per heavy atom. The van der Waals surface area contributed by atoms with E-state index in [1.54, 1.807) is 0 Å². The first-order valence-corrected chi connectivity index (χ1v) is 6.03. The largest absolute Gasteiger partial charge is 0.481 e. The van der Waals surface area contributed by atoms with Crippen molar-refractivity contribution in [1.82, 2.24) is 5.32 Å². The van der Waals surface area contributed by atoms with Gasteiger partial charge in [-0.3, -0.25) is 4.79 Å². The Morgan fingerprint density at radius 3 is 2.47 bits per heavy atom. The van der Waals surface area contributed by atoms with Gasteiger partial charge in [-0.1, -0.05) is 26.7 Å². The summed E-state index contributed by atoms with van der Waals surface area (Å²) in [6.07, 6.45) is 4.39. The number of unbranched alkanes of at least 4 members (excludes halogenated alkanes) is 2. The summed E-state index contributed by atoms with van der Waals surface area (Å²) < 4.78 is 0. The molecule has 15 heavy (non-hydrogen) atoms. The standard InChI is InChI=1S/C12H25NO2/c1-4-10(2)11(3)13-9-7-5-6-8-12(14)15/h10-11,13H,4-9H2,1-3H3,(H,14,15). The van der Waals surface area contributed by atoms with Gasteiger partial charge in [-0.25, -0.2) is 0 Å². The van der Waals surface area contributed by atoms with Gasteiger partial charge in [0.25, 0.3) is 0 Å². The third-order valence-electron chi connectivity index (χ3n) is 3.03. The molecule has 0 spiro atoms. The average molecular weight is 215 g/mol. The van der Waals surface area contributed by atoms with Crippen molar-refractivity contribution in [2.75, 3.05) is 6.54 Å². The minimum absolute atomic E-state index is 0.306. The average Bonchev–Trinajstić information content (AvgIpc) is 2.21. The van der Waals surface area contributed by atoms with Crippen molar-refractivity contribution >= 4 is 5.97 Å². The van der Waals surface area contributed by atoms with Crippen LogP contribution in [-0.4, -0.2) is 23.7 Å². The van der Waals surface area contributed by atoms with Crippen LogP contribution in [0.25, 0.3) is 0 Å². The quantitative estimate of drug-likeness (QED) is 0.581. The molecule has 0 heterocycles. The predicted molar refractivity (Wildman–Crippen MR) is 63.0 cm³/mol. The van der Waals surface area contributed by atoms with E-state index >= 15 is 0 Å². The molecule has 3 nitrogen and oxygen atoms in total. The molecule has 0 aliphatic heterocycles. The molecule has 90 valence electrons. The molecule has 0 aliphatic carbocycles. The number of aliphatic carboxylic acids is 1. The van der Waals surface area contributed by atoms with Crippen molar-refractivity contribution in [3.63, 3.8) is 0 Å². The van der Waals surface area contributed by atoms with Gasteiger partial charge in [0.2, 0.25) is 0 Å². The molecule has 0 aromatic heterocycles. The summed E-state index contributed by atoms with van der Waals surface area (Å²) in [6, 6.07) is 0.564. The zero-order valence-corrected chi connectivity index (χ0v) is 10.3. The number of carboxylic acids is 1. The fourth-order valence-corrected chi connectivity index (χ4v) is 1.46. The van der Waals surface area contributed by atoms with Gasteiger partial charge in [0.1, 0.15) is 0 Å². The van der Waals surface area contributed by atoms with E-state index in [0.717, 1.165) is 25.8 Å². The molecular weight excluding hydrogens is 190 g/mol. The fourth-order valence-electron chi connectivity index (χ4n) is 1.46. The third kappa shape index (κ3) is 8.43. The van der Waals surface area contributed by atoms with Crippen LogP contribution >= 0.6 is 0 Å². The number of hydrogen-bond acceptors (Lipinski definition) is 2. The highest BCUT2D eigenvalue weighted by Crippen LogP contribution is 2.07. The van der Waals surface area contributed by atoms with Crippen LogP contribution in [0.3, 0.4) is 0 Å². The predicted octanol–water partition coefficient (Wildman–Crippen LogP) is 2.66. The molecule has 0 amide bonds. The van der Waals surface area contributed by atoms with Crippen LogP contribution in [0, 0.1) is 5.92 Å². The molecule has 0 aliphatic rings. The van der Waals surface area contributed by atoms with E-state index in [4.69, 9.17) is 5.11 Å². The van der Waals surface area contributed by atoms with Crippen molar-refractivity contribution in [3.05, 3.63) is 0 Å². The SMILES string of the molecule is CCC(C)C(C)NCCCCCC(=O)O. The summed E-state index contributed by atoms with van der Waals surface area (Å²) >= 11 is 0. The molecule has 0 saturated carbocycles. The Labute approximate surface area is 93.3 Å². The smallest absolute Gasteiger partial charge is 0.303 e. The van der Waals surface area contributed by atoms with Gasteiger partial charge in [-0.2, -0.15) is 0 Å². The van der Waals surface area contributed by atoms with E-state index in [9.17, 15) is 4.79 Å². The molecule has 0 aromatic carbocycles. The Morgan fingerprint density at radius 1 is 1.27 bits per heavy atom. The number of nitrogens with one attached hydrogen (secondary N) is 1. The zero-order chi connectivity index (χ0) is 11.7. The van der Waals surface area contributed by atoms with E-state index < -0.39 is 5.97 Å². The minimum atomic E-state index is -0.684. The lowest BCUT2D eigenvalue weighted by Crippen LogP contribution is -2.32. The van der Waals surface area contributed by atoms with Crippen molar-refractivity contribution in [1.29, 1.82) is 0 Å². The number of rotatable bonds is 9. The lowest BCUT2D eigenvalue weighted by atomic mass is 10.0. The maximum absolute atomic E-state index is 10.3. The second-order valence-electron chi connectivity index (χ2n) is 4.33. The Balaban J connectivity index is 3.27. The van der Waals surface area contributed by atoms with Crippen molar-refractivity contribution in [3.8, 4) is 0 Å². The zero-order valence-electron chi connectivity index (χ0n) is 10.3. The van der Waals surface area contributed by atoms with Crippen LogP contribution in [0.2, 0.25) is 0 Å². The van der Waals surface area contributed by atoms with Crippen LogP contribution in [0.1, 0.15) is 52.9 Å². The van der Waals surface area contributed by atoms with E-state index in [1.165, 1.54) is 6.42 Å². The van der Waals surface area contributed by atoms with E-state index in [2.05, 4.69) is 26.1 Å². The van der Waals surface area contributed by atoms with Crippen molar-refractivity contribution in [2.24, 2.45) is 5.92 Å². The van der Waals surface area contributed by atoms with Gasteiger partial charge in [0.05, 0.1) is 0 Å². The Hall–Kier alpha value is -0.570. The molecule has 2 N–H and O–H groups in total. The molecule has 0 saturated heterocycles. The summed E-state index contributed by atoms with van der Waals surface area (Å²) in [6.45, 7) is 7.67. The normalized spacial score (nSPS) is 14.9. The summed E-state index contributed by atoms with van der Waals surface area (Å²) in [4.78, 5) is 10.3. The van der Waals surface area contributed by atoms with Gasteiger partial charge in [-0.05, 0) is 32.2 Å². The van der Waals surface area contributed by atoms with Crippen LogP contribution < -0.4 is 5.32 Å². The molecule has 3 heteroatoms. The molecule has 2 atom stereocenters. The number of carboxylic acid groups (broad SMARTS) is 1. The molecule has 0 rings (SSSR count). The van der Waals surface area contributed by atoms with Gasteiger partial charge in [0, 0.05) is 12.5 Å². The molecule has 0 bridgehead atoms. The monoisotopic (exact) mass is 215 g/mol. The molecular formula is C12H25NO2. The second kappa shape index (κ2) is 8.72. The summed E-state index contributed by atoms with van der Waals surface area (Å²) in [5, 5.41) is 11.9. The molecule has 0 fully saturated rings. The third-order valence-corrected chi connectivity index (χ3v) is 3.03. The van der Waals surface area contributed by atoms with Crippen molar-refractivity contribution in [2.45, 2.75) is 58.9 Å². The number of hydrogen-bond donors (Lipinski definition) is 2. The highest BCUT2D eigenvalue weighted by atomic mass is 16.4. The van der Waals surface area contributed by atoms with Crippen LogP contribution in [0.5, 0.6) is 0 Å².